The van der Waals surface area contributed by atoms with E-state index in [0.717, 1.165) is 34.6 Å². The van der Waals surface area contributed by atoms with Crippen LogP contribution in [0.5, 0.6) is 11.5 Å². The van der Waals surface area contributed by atoms with E-state index in [1.165, 1.54) is 0 Å². The van der Waals surface area contributed by atoms with Crippen molar-refractivity contribution in [3.8, 4) is 11.5 Å². The van der Waals surface area contributed by atoms with Gasteiger partial charge in [0.25, 0.3) is 5.91 Å². The second-order valence-corrected chi connectivity index (χ2v) is 7.64. The van der Waals surface area contributed by atoms with Crippen molar-refractivity contribution < 1.29 is 14.3 Å². The van der Waals surface area contributed by atoms with Gasteiger partial charge in [0.1, 0.15) is 11.6 Å². The van der Waals surface area contributed by atoms with E-state index < -0.39 is 6.10 Å². The molecule has 1 amide bonds. The lowest BCUT2D eigenvalue weighted by atomic mass is 10.2. The van der Waals surface area contributed by atoms with Crippen LogP contribution in [0.25, 0.3) is 10.2 Å². The number of aromatic nitrogens is 1. The zero-order chi connectivity index (χ0) is 17.5. The van der Waals surface area contributed by atoms with Gasteiger partial charge in [0.05, 0.1) is 16.3 Å². The average molecular weight is 366 g/mol. The monoisotopic (exact) mass is 366 g/mol. The van der Waals surface area contributed by atoms with Crippen molar-refractivity contribution in [1.82, 2.24) is 9.88 Å². The van der Waals surface area contributed by atoms with Crippen molar-refractivity contribution in [2.24, 2.45) is 0 Å². The Hall–Kier alpha value is -2.60. The Labute approximate surface area is 155 Å². The van der Waals surface area contributed by atoms with Crippen molar-refractivity contribution in [2.75, 3.05) is 13.2 Å². The predicted molar refractivity (Wildman–Crippen MR) is 99.7 cm³/mol. The van der Waals surface area contributed by atoms with Gasteiger partial charge in [-0.1, -0.05) is 24.3 Å². The van der Waals surface area contributed by atoms with Crippen molar-refractivity contribution in [3.05, 3.63) is 53.5 Å². The molecule has 1 fully saturated rings. The molecule has 5 nitrogen and oxygen atoms in total. The van der Waals surface area contributed by atoms with E-state index in [9.17, 15) is 4.79 Å². The van der Waals surface area contributed by atoms with Gasteiger partial charge in [0, 0.05) is 6.54 Å². The molecule has 26 heavy (non-hydrogen) atoms. The summed E-state index contributed by atoms with van der Waals surface area (Å²) < 4.78 is 12.8. The lowest BCUT2D eigenvalue weighted by Crippen LogP contribution is -2.46. The molecule has 0 radical (unpaired) electrons. The van der Waals surface area contributed by atoms with Crippen LogP contribution in [0.4, 0.5) is 0 Å². The number of amides is 1. The molecule has 1 saturated heterocycles. The molecule has 0 N–H and O–H groups in total. The summed E-state index contributed by atoms with van der Waals surface area (Å²) in [6.45, 7) is 0.986. The van der Waals surface area contributed by atoms with Crippen LogP contribution >= 0.6 is 11.3 Å². The third kappa shape index (κ3) is 2.61. The van der Waals surface area contributed by atoms with Gasteiger partial charge < -0.3 is 14.4 Å². The molecular weight excluding hydrogens is 348 g/mol. The number of ether oxygens (including phenoxy) is 2. The molecule has 0 saturated carbocycles. The smallest absolute Gasteiger partial charge is 0.267 e. The van der Waals surface area contributed by atoms with Gasteiger partial charge in [-0.15, -0.1) is 11.3 Å². The van der Waals surface area contributed by atoms with Crippen molar-refractivity contribution in [2.45, 2.75) is 25.0 Å². The first-order valence-corrected chi connectivity index (χ1v) is 9.66. The van der Waals surface area contributed by atoms with Gasteiger partial charge >= 0.3 is 0 Å². The first-order valence-electron chi connectivity index (χ1n) is 8.84. The molecule has 5 rings (SSSR count). The maximum absolute atomic E-state index is 13.1. The molecule has 2 aliphatic heterocycles. The van der Waals surface area contributed by atoms with Crippen LogP contribution in [0.2, 0.25) is 0 Å². The van der Waals surface area contributed by atoms with Crippen LogP contribution in [-0.4, -0.2) is 35.0 Å². The second-order valence-electron chi connectivity index (χ2n) is 6.57. The normalized spacial score (nSPS) is 21.9. The van der Waals surface area contributed by atoms with Crippen LogP contribution in [-0.2, 0) is 4.79 Å². The van der Waals surface area contributed by atoms with Gasteiger partial charge in [-0.25, -0.2) is 4.98 Å². The summed E-state index contributed by atoms with van der Waals surface area (Å²) in [7, 11) is 0. The number of carbonyl (C=O) groups is 1. The lowest BCUT2D eigenvalue weighted by Gasteiger charge is -2.31. The lowest BCUT2D eigenvalue weighted by molar-refractivity contribution is -0.142. The number of hydrogen-bond acceptors (Lipinski definition) is 5. The number of benzene rings is 2. The summed E-state index contributed by atoms with van der Waals surface area (Å²) in [6.07, 6.45) is 1.33. The summed E-state index contributed by atoms with van der Waals surface area (Å²) in [5.41, 5.74) is 0.998. The number of likely N-dealkylation sites (tertiary alicyclic amines) is 1. The molecule has 3 aromatic rings. The Morgan fingerprint density at radius 1 is 1.12 bits per heavy atom. The van der Waals surface area contributed by atoms with E-state index in [1.807, 2.05) is 47.4 Å². The zero-order valence-electron chi connectivity index (χ0n) is 14.1. The highest BCUT2D eigenvalue weighted by Crippen LogP contribution is 2.38. The standard InChI is InChI=1S/C20H18N2O3S/c23-20(17-12-24-15-8-2-3-9-16(15)25-17)22-11-5-7-14(22)19-21-13-6-1-4-10-18(13)26-19/h1-4,6,8-10,14,17H,5,7,11-12H2/t14-,17+/m0/s1. The molecule has 0 spiro atoms. The van der Waals surface area contributed by atoms with Crippen molar-refractivity contribution >= 4 is 27.5 Å². The molecule has 6 heteroatoms. The second kappa shape index (κ2) is 6.29. The first-order chi connectivity index (χ1) is 12.8. The Balaban J connectivity index is 1.39. The van der Waals surface area contributed by atoms with E-state index >= 15 is 0 Å². The number of rotatable bonds is 2. The molecule has 0 unspecified atom stereocenters. The van der Waals surface area contributed by atoms with E-state index in [-0.39, 0.29) is 18.6 Å². The largest absolute Gasteiger partial charge is 0.485 e. The molecule has 3 heterocycles. The van der Waals surface area contributed by atoms with Crippen LogP contribution in [0, 0.1) is 0 Å². The Kier molecular flexibility index (Phi) is 3.78. The van der Waals surface area contributed by atoms with Crippen molar-refractivity contribution in [3.63, 3.8) is 0 Å². The SMILES string of the molecule is O=C([C@H]1COc2ccccc2O1)N1CCC[C@H]1c1nc2ccccc2s1. The van der Waals surface area contributed by atoms with Gasteiger partial charge in [0.2, 0.25) is 6.10 Å². The minimum absolute atomic E-state index is 0.0127. The maximum Gasteiger partial charge on any atom is 0.267 e. The topological polar surface area (TPSA) is 51.7 Å². The highest BCUT2D eigenvalue weighted by atomic mass is 32.1. The van der Waals surface area contributed by atoms with Crippen LogP contribution in [0.1, 0.15) is 23.9 Å². The van der Waals surface area contributed by atoms with E-state index in [1.54, 1.807) is 11.3 Å². The quantitative estimate of drug-likeness (QED) is 0.692. The van der Waals surface area contributed by atoms with Gasteiger partial charge in [-0.2, -0.15) is 0 Å². The van der Waals surface area contributed by atoms with Gasteiger partial charge in [-0.3, -0.25) is 4.79 Å². The third-order valence-electron chi connectivity index (χ3n) is 4.92. The fourth-order valence-corrected chi connectivity index (χ4v) is 4.76. The van der Waals surface area contributed by atoms with E-state index in [2.05, 4.69) is 6.07 Å². The van der Waals surface area contributed by atoms with Crippen LogP contribution in [0.3, 0.4) is 0 Å². The summed E-state index contributed by atoms with van der Waals surface area (Å²) >= 11 is 1.67. The highest BCUT2D eigenvalue weighted by Gasteiger charge is 2.38. The number of para-hydroxylation sites is 3. The molecule has 0 aliphatic carbocycles. The molecule has 2 aromatic carbocycles. The van der Waals surface area contributed by atoms with E-state index in [4.69, 9.17) is 14.5 Å². The predicted octanol–water partition coefficient (Wildman–Crippen LogP) is 3.80. The molecule has 1 aromatic heterocycles. The maximum atomic E-state index is 13.1. The summed E-state index contributed by atoms with van der Waals surface area (Å²) in [4.78, 5) is 19.8. The number of hydrogen-bond donors (Lipinski definition) is 0. The van der Waals surface area contributed by atoms with Gasteiger partial charge in [-0.05, 0) is 37.1 Å². The third-order valence-corrected chi connectivity index (χ3v) is 6.05. The molecule has 2 aliphatic rings. The molecular formula is C20H18N2O3S. The summed E-state index contributed by atoms with van der Waals surface area (Å²) in [5.74, 6) is 1.31. The average Bonchev–Trinajstić information content (AvgIpc) is 3.33. The number of carbonyl (C=O) groups excluding carboxylic acids is 1. The molecule has 2 atom stereocenters. The first kappa shape index (κ1) is 15.6. The highest BCUT2D eigenvalue weighted by molar-refractivity contribution is 7.18. The minimum Gasteiger partial charge on any atom is -0.485 e. The van der Waals surface area contributed by atoms with Crippen molar-refractivity contribution in [1.29, 1.82) is 0 Å². The summed E-state index contributed by atoms with van der Waals surface area (Å²) in [6, 6.07) is 15.6. The Morgan fingerprint density at radius 2 is 1.92 bits per heavy atom. The minimum atomic E-state index is -0.597. The van der Waals surface area contributed by atoms with Gasteiger partial charge in [0.15, 0.2) is 11.5 Å². The van der Waals surface area contributed by atoms with Crippen LogP contribution in [0.15, 0.2) is 48.5 Å². The molecule has 0 bridgehead atoms. The molecule has 132 valence electrons. The number of fused-ring (bicyclic) bond motifs is 2. The zero-order valence-corrected chi connectivity index (χ0v) is 14.9. The van der Waals surface area contributed by atoms with E-state index in [0.29, 0.717) is 11.5 Å². The van der Waals surface area contributed by atoms with Crippen LogP contribution < -0.4 is 9.47 Å². The summed E-state index contributed by atoms with van der Waals surface area (Å²) in [5, 5.41) is 1.01. The Morgan fingerprint density at radius 3 is 2.81 bits per heavy atom. The number of nitrogens with zero attached hydrogens (tertiary/aromatic N) is 2. The fraction of sp³-hybridized carbons (Fsp3) is 0.300. The number of thiazole rings is 1. The Bertz CT molecular complexity index is 937. The fourth-order valence-electron chi connectivity index (χ4n) is 3.65.